The van der Waals surface area contributed by atoms with Gasteiger partial charge in [-0.3, -0.25) is 0 Å². The Morgan fingerprint density at radius 1 is 0.314 bits per heavy atom. The van der Waals surface area contributed by atoms with Crippen LogP contribution in [0.1, 0.15) is 0 Å². The minimum Gasteiger partial charge on any atom is -0.456 e. The zero-order chi connectivity index (χ0) is 35.3. The van der Waals surface area contributed by atoms with E-state index in [1.807, 2.05) is 0 Å². The summed E-state index contributed by atoms with van der Waals surface area (Å²) < 4.78 is 6.68. The van der Waals surface area contributed by atoms with Crippen molar-refractivity contribution in [2.45, 2.75) is 0 Å². The average Bonchev–Trinajstić information content (AvgIpc) is 3.55. The number of benzene rings is 8. The van der Waals surface area contributed by atoms with Gasteiger partial charge in [-0.1, -0.05) is 113 Å². The van der Waals surface area contributed by atoms with E-state index < -0.39 is 0 Å². The zero-order valence-electron chi connectivity index (χ0n) is 30.8. The summed E-state index contributed by atoms with van der Waals surface area (Å²) in [6.07, 6.45) is 0. The average molecular weight is 641 g/mol. The lowest BCUT2D eigenvalue weighted by atomic mass is 9.59. The van der Waals surface area contributed by atoms with Crippen molar-refractivity contribution < 1.29 is 4.42 Å². The van der Waals surface area contributed by atoms with Crippen LogP contribution in [-0.2, 0) is 0 Å². The van der Waals surface area contributed by atoms with E-state index in [1.54, 1.807) is 0 Å². The van der Waals surface area contributed by atoms with Gasteiger partial charge in [0.1, 0.15) is 73.9 Å². The molecule has 0 atom stereocenters. The quantitative estimate of drug-likeness (QED) is 0.163. The van der Waals surface area contributed by atoms with Crippen molar-refractivity contribution in [2.24, 2.45) is 0 Å². The molecule has 0 spiro atoms. The first kappa shape index (κ1) is 31.8. The number of hydrogen-bond acceptors (Lipinski definition) is 1. The molecule has 8 aromatic carbocycles. The van der Waals surface area contributed by atoms with Gasteiger partial charge >= 0.3 is 0 Å². The van der Waals surface area contributed by atoms with E-state index in [0.717, 1.165) is 16.6 Å². The Labute approximate surface area is 306 Å². The minimum absolute atomic E-state index is 0.928. The van der Waals surface area contributed by atoms with Crippen LogP contribution < -0.4 is 43.7 Å². The van der Waals surface area contributed by atoms with Gasteiger partial charge in [-0.05, 0) is 83.9 Å². The first-order chi connectivity index (χ1) is 24.7. The van der Waals surface area contributed by atoms with E-state index >= 15 is 0 Å². The Balaban J connectivity index is 1.44. The standard InChI is InChI=1S/C42H34B8O/c43-35-31-28(22-12-10-20(11-13-22)19-6-2-1-3-7-19)32-34(38(46)42(50)40(48)36(32)44)29(33(31)37(45)41(49)39(35)47)23-14-16-25-27(18-23)51-26-17-15-21-8-4-5-9-24(21)30(25)26/h1-18H,43-50H2. The van der Waals surface area contributed by atoms with Crippen LogP contribution in [0.4, 0.5) is 0 Å². The molecular formula is C42H34B8O. The largest absolute Gasteiger partial charge is 0.456 e. The summed E-state index contributed by atoms with van der Waals surface area (Å²) in [5.41, 5.74) is 20.3. The smallest absolute Gasteiger partial charge is 0.139 e. The lowest BCUT2D eigenvalue weighted by Crippen LogP contribution is -2.50. The molecule has 0 unspecified atom stereocenters. The summed E-state index contributed by atoms with van der Waals surface area (Å²) in [5, 5.41) is 10.2. The molecule has 9 heteroatoms. The number of fused-ring (bicyclic) bond motifs is 7. The maximum absolute atomic E-state index is 6.68. The van der Waals surface area contributed by atoms with Crippen molar-refractivity contribution in [2.75, 3.05) is 0 Å². The van der Waals surface area contributed by atoms with Crippen LogP contribution in [0.15, 0.2) is 114 Å². The fourth-order valence-electron chi connectivity index (χ4n) is 8.86. The van der Waals surface area contributed by atoms with Gasteiger partial charge in [-0.2, -0.15) is 0 Å². The molecule has 0 amide bonds. The molecule has 0 saturated heterocycles. The summed E-state index contributed by atoms with van der Waals surface area (Å²) in [6.45, 7) is 0. The van der Waals surface area contributed by atoms with Gasteiger partial charge in [0.2, 0.25) is 0 Å². The Morgan fingerprint density at radius 2 is 0.784 bits per heavy atom. The summed E-state index contributed by atoms with van der Waals surface area (Å²) in [7, 11) is 18.5. The van der Waals surface area contributed by atoms with E-state index in [1.165, 1.54) is 115 Å². The molecule has 232 valence electrons. The Kier molecular flexibility index (Phi) is 7.30. The van der Waals surface area contributed by atoms with Crippen molar-refractivity contribution in [1.82, 2.24) is 0 Å². The summed E-state index contributed by atoms with van der Waals surface area (Å²) >= 11 is 0. The molecule has 1 heterocycles. The summed E-state index contributed by atoms with van der Waals surface area (Å²) in [5.74, 6) is 0. The predicted octanol–water partition coefficient (Wildman–Crippen LogP) is -1.89. The van der Waals surface area contributed by atoms with Crippen LogP contribution in [0.25, 0.3) is 87.6 Å². The Morgan fingerprint density at radius 3 is 1.37 bits per heavy atom. The fourth-order valence-corrected chi connectivity index (χ4v) is 8.86. The molecule has 0 saturated carbocycles. The van der Waals surface area contributed by atoms with E-state index in [4.69, 9.17) is 4.42 Å². The first-order valence-corrected chi connectivity index (χ1v) is 18.1. The summed E-state index contributed by atoms with van der Waals surface area (Å²) in [4.78, 5) is 0. The van der Waals surface area contributed by atoms with Crippen molar-refractivity contribution in [3.8, 4) is 33.4 Å². The second kappa shape index (κ2) is 11.7. The van der Waals surface area contributed by atoms with Crippen LogP contribution >= 0.6 is 0 Å². The van der Waals surface area contributed by atoms with Crippen LogP contribution in [0.2, 0.25) is 0 Å². The van der Waals surface area contributed by atoms with Gasteiger partial charge in [0.15, 0.2) is 0 Å². The second-order valence-corrected chi connectivity index (χ2v) is 14.7. The third-order valence-corrected chi connectivity index (χ3v) is 12.3. The molecule has 0 radical (unpaired) electrons. The predicted molar refractivity (Wildman–Crippen MR) is 248 cm³/mol. The van der Waals surface area contributed by atoms with Crippen LogP contribution in [0.5, 0.6) is 0 Å². The highest BCUT2D eigenvalue weighted by molar-refractivity contribution is 6.71. The van der Waals surface area contributed by atoms with Crippen LogP contribution in [0, 0.1) is 0 Å². The normalized spacial score (nSPS) is 11.8. The van der Waals surface area contributed by atoms with E-state index in [-0.39, 0.29) is 0 Å². The van der Waals surface area contributed by atoms with Crippen molar-refractivity contribution >= 4 is 161 Å². The van der Waals surface area contributed by atoms with Crippen molar-refractivity contribution in [3.63, 3.8) is 0 Å². The van der Waals surface area contributed by atoms with Crippen LogP contribution in [-0.4, -0.2) is 62.8 Å². The molecule has 0 aliphatic heterocycles. The Bertz CT molecular complexity index is 2850. The highest BCUT2D eigenvalue weighted by Crippen LogP contribution is 2.43. The van der Waals surface area contributed by atoms with Gasteiger partial charge in [-0.15, -0.1) is 21.9 Å². The van der Waals surface area contributed by atoms with Crippen molar-refractivity contribution in [1.29, 1.82) is 0 Å². The lowest BCUT2D eigenvalue weighted by Gasteiger charge is -2.28. The second-order valence-electron chi connectivity index (χ2n) is 14.7. The van der Waals surface area contributed by atoms with E-state index in [2.05, 4.69) is 172 Å². The molecule has 51 heavy (non-hydrogen) atoms. The minimum atomic E-state index is 0.928. The molecule has 9 aromatic rings. The monoisotopic (exact) mass is 642 g/mol. The van der Waals surface area contributed by atoms with Crippen molar-refractivity contribution in [3.05, 3.63) is 109 Å². The van der Waals surface area contributed by atoms with Gasteiger partial charge in [0.05, 0.1) is 0 Å². The molecule has 0 N–H and O–H groups in total. The molecule has 9 rings (SSSR count). The number of hydrogen-bond donors (Lipinski definition) is 0. The van der Waals surface area contributed by atoms with Gasteiger partial charge < -0.3 is 4.42 Å². The topological polar surface area (TPSA) is 13.1 Å². The maximum atomic E-state index is 6.68. The molecule has 0 aliphatic rings. The molecule has 0 aliphatic carbocycles. The molecule has 0 fully saturated rings. The number of rotatable bonds is 3. The fraction of sp³-hybridized carbons (Fsp3) is 0. The van der Waals surface area contributed by atoms with Gasteiger partial charge in [0.25, 0.3) is 0 Å². The molecular weight excluding hydrogens is 607 g/mol. The van der Waals surface area contributed by atoms with Gasteiger partial charge in [0, 0.05) is 10.8 Å². The first-order valence-electron chi connectivity index (χ1n) is 18.1. The Hall–Kier alpha value is -5.14. The highest BCUT2D eigenvalue weighted by atomic mass is 16.3. The van der Waals surface area contributed by atoms with E-state index in [0.29, 0.717) is 0 Å². The number of furan rings is 1. The molecule has 1 nitrogen and oxygen atoms in total. The van der Waals surface area contributed by atoms with Crippen LogP contribution in [0.3, 0.4) is 0 Å². The van der Waals surface area contributed by atoms with E-state index in [9.17, 15) is 0 Å². The maximum Gasteiger partial charge on any atom is 0.139 e. The molecule has 1 aromatic heterocycles. The van der Waals surface area contributed by atoms with Gasteiger partial charge in [-0.25, -0.2) is 0 Å². The summed E-state index contributed by atoms with van der Waals surface area (Å²) in [6, 6.07) is 39.8. The zero-order valence-corrected chi connectivity index (χ0v) is 30.8. The lowest BCUT2D eigenvalue weighted by molar-refractivity contribution is 0.669. The third-order valence-electron chi connectivity index (χ3n) is 12.3. The SMILES string of the molecule is Bc1c(B)c(B)c2c(-c3ccc4c(c3)oc3ccc5ccccc5c34)c3c(B)c(B)c(B)c(B)c3c(-c3ccc(-c4ccccc4)cc3)c2c1B. The molecule has 0 bridgehead atoms. The highest BCUT2D eigenvalue weighted by Gasteiger charge is 2.25. The third kappa shape index (κ3) is 4.60.